The molecule has 2 aromatic carbocycles. The Morgan fingerprint density at radius 3 is 2.52 bits per heavy atom. The number of alkyl halides is 3. The summed E-state index contributed by atoms with van der Waals surface area (Å²) in [5.74, 6) is -0.840. The van der Waals surface area contributed by atoms with E-state index >= 15 is 0 Å². The highest BCUT2D eigenvalue weighted by Gasteiger charge is 2.31. The van der Waals surface area contributed by atoms with Gasteiger partial charge in [-0.2, -0.15) is 13.2 Å². The van der Waals surface area contributed by atoms with E-state index in [0.29, 0.717) is 5.56 Å². The van der Waals surface area contributed by atoms with Crippen LogP contribution in [0.2, 0.25) is 5.02 Å². The van der Waals surface area contributed by atoms with Crippen molar-refractivity contribution in [1.82, 2.24) is 15.2 Å². The molecule has 0 saturated heterocycles. The first-order valence-corrected chi connectivity index (χ1v) is 9.42. The van der Waals surface area contributed by atoms with Crippen LogP contribution in [-0.4, -0.2) is 26.8 Å². The van der Waals surface area contributed by atoms with Crippen molar-refractivity contribution in [3.8, 4) is 11.3 Å². The van der Waals surface area contributed by atoms with E-state index in [2.05, 4.69) is 20.5 Å². The number of rotatable bonds is 5. The number of thioether (sulfide) groups is 1. The number of H-pyrrole nitrogens is 1. The molecule has 3 rings (SSSR count). The van der Waals surface area contributed by atoms with E-state index in [1.807, 2.05) is 0 Å². The highest BCUT2D eigenvalue weighted by molar-refractivity contribution is 7.99. The highest BCUT2D eigenvalue weighted by atomic mass is 35.5. The fourth-order valence-electron chi connectivity index (χ4n) is 2.29. The molecule has 29 heavy (non-hydrogen) atoms. The lowest BCUT2D eigenvalue weighted by molar-refractivity contribution is -0.137. The minimum Gasteiger partial charge on any atom is -0.324 e. The summed E-state index contributed by atoms with van der Waals surface area (Å²) in [6, 6.07) is 11.3. The average molecular weight is 441 g/mol. The van der Waals surface area contributed by atoms with Crippen molar-refractivity contribution in [2.24, 2.45) is 0 Å². The van der Waals surface area contributed by atoms with Crippen LogP contribution in [0, 0.1) is 0 Å². The van der Waals surface area contributed by atoms with Crippen molar-refractivity contribution in [2.75, 3.05) is 11.1 Å². The predicted molar refractivity (Wildman–Crippen MR) is 104 cm³/mol. The van der Waals surface area contributed by atoms with Crippen molar-refractivity contribution < 1.29 is 18.0 Å². The molecular weight excluding hydrogens is 429 g/mol. The van der Waals surface area contributed by atoms with Crippen LogP contribution in [0.5, 0.6) is 0 Å². The molecule has 1 aromatic heterocycles. The van der Waals surface area contributed by atoms with Crippen molar-refractivity contribution in [2.45, 2.75) is 11.3 Å². The molecule has 1 amide bonds. The quantitative estimate of drug-likeness (QED) is 0.579. The Morgan fingerprint density at radius 2 is 1.86 bits per heavy atom. The molecule has 150 valence electrons. The number of nitrogens with one attached hydrogen (secondary N) is 2. The molecule has 3 aromatic rings. The van der Waals surface area contributed by atoms with E-state index in [9.17, 15) is 22.8 Å². The molecule has 0 unspecified atom stereocenters. The normalized spacial score (nSPS) is 11.3. The van der Waals surface area contributed by atoms with Gasteiger partial charge in [-0.1, -0.05) is 53.7 Å². The van der Waals surface area contributed by atoms with Crippen molar-refractivity contribution in [3.05, 3.63) is 69.5 Å². The van der Waals surface area contributed by atoms with Gasteiger partial charge >= 0.3 is 6.18 Å². The lowest BCUT2D eigenvalue weighted by Crippen LogP contribution is -2.17. The molecule has 0 aliphatic carbocycles. The Bertz CT molecular complexity index is 1090. The molecule has 0 spiro atoms. The summed E-state index contributed by atoms with van der Waals surface area (Å²) in [4.78, 5) is 26.7. The van der Waals surface area contributed by atoms with Gasteiger partial charge < -0.3 is 5.32 Å². The molecule has 11 heteroatoms. The predicted octanol–water partition coefficient (Wildman–Crippen LogP) is 4.23. The van der Waals surface area contributed by atoms with Crippen LogP contribution < -0.4 is 10.9 Å². The first-order valence-electron chi connectivity index (χ1n) is 8.06. The molecular formula is C18H12ClF3N4O2S. The van der Waals surface area contributed by atoms with E-state index in [-0.39, 0.29) is 27.3 Å². The third-order valence-electron chi connectivity index (χ3n) is 3.63. The number of hydrogen-bond acceptors (Lipinski definition) is 5. The number of halogens is 4. The van der Waals surface area contributed by atoms with Crippen LogP contribution in [0.25, 0.3) is 11.3 Å². The Kier molecular flexibility index (Phi) is 6.23. The van der Waals surface area contributed by atoms with Crippen molar-refractivity contribution in [3.63, 3.8) is 0 Å². The number of anilines is 1. The van der Waals surface area contributed by atoms with E-state index in [1.54, 1.807) is 30.3 Å². The lowest BCUT2D eigenvalue weighted by atomic mass is 10.2. The third kappa shape index (κ3) is 5.36. The summed E-state index contributed by atoms with van der Waals surface area (Å²) in [6.45, 7) is 0. The highest BCUT2D eigenvalue weighted by Crippen LogP contribution is 2.33. The van der Waals surface area contributed by atoms with Gasteiger partial charge in [0.1, 0.15) is 0 Å². The summed E-state index contributed by atoms with van der Waals surface area (Å²) in [7, 11) is 0. The first-order chi connectivity index (χ1) is 13.7. The molecule has 1 heterocycles. The number of aromatic nitrogens is 3. The molecule has 0 fully saturated rings. The maximum atomic E-state index is 12.8. The van der Waals surface area contributed by atoms with Gasteiger partial charge in [0.2, 0.25) is 5.91 Å². The Hall–Kier alpha value is -2.85. The Balaban J connectivity index is 1.66. The molecule has 0 aliphatic rings. The second kappa shape index (κ2) is 8.66. The maximum Gasteiger partial charge on any atom is 0.416 e. The standard InChI is InChI=1S/C18H12ClF3N4O2S/c19-12-7-6-11(18(20,21)22)8-13(12)23-14(27)9-29-17-24-16(28)15(25-26-17)10-4-2-1-3-5-10/h1-8H,9H2,(H,23,27)(H,24,26,28). The fraction of sp³-hybridized carbons (Fsp3) is 0.111. The van der Waals surface area contributed by atoms with Crippen LogP contribution in [0.15, 0.2) is 58.5 Å². The van der Waals surface area contributed by atoms with Gasteiger partial charge in [0, 0.05) is 5.56 Å². The zero-order valence-corrected chi connectivity index (χ0v) is 16.0. The number of aromatic amines is 1. The van der Waals surface area contributed by atoms with Gasteiger partial charge in [0.05, 0.1) is 22.0 Å². The fourth-order valence-corrected chi connectivity index (χ4v) is 3.06. The summed E-state index contributed by atoms with van der Waals surface area (Å²) in [5.41, 5.74) is -0.845. The smallest absolute Gasteiger partial charge is 0.324 e. The number of nitrogens with zero attached hydrogens (tertiary/aromatic N) is 2. The zero-order chi connectivity index (χ0) is 21.0. The first kappa shape index (κ1) is 20.9. The van der Waals surface area contributed by atoms with Gasteiger partial charge in [-0.05, 0) is 18.2 Å². The van der Waals surface area contributed by atoms with Crippen LogP contribution in [0.3, 0.4) is 0 Å². The lowest BCUT2D eigenvalue weighted by Gasteiger charge is -2.11. The Labute approximate surface area is 171 Å². The Morgan fingerprint density at radius 1 is 1.14 bits per heavy atom. The van der Waals surface area contributed by atoms with Gasteiger partial charge in [0.25, 0.3) is 5.56 Å². The van der Waals surface area contributed by atoms with E-state index in [4.69, 9.17) is 11.6 Å². The number of hydrogen-bond donors (Lipinski definition) is 2. The number of benzene rings is 2. The van der Waals surface area contributed by atoms with Crippen molar-refractivity contribution in [1.29, 1.82) is 0 Å². The summed E-state index contributed by atoms with van der Waals surface area (Å²) in [5, 5.41) is 10.1. The summed E-state index contributed by atoms with van der Waals surface area (Å²) < 4.78 is 38.4. The van der Waals surface area contributed by atoms with Crippen LogP contribution in [0.1, 0.15) is 5.56 Å². The number of carbonyl (C=O) groups is 1. The zero-order valence-electron chi connectivity index (χ0n) is 14.5. The largest absolute Gasteiger partial charge is 0.416 e. The molecule has 2 N–H and O–H groups in total. The molecule has 0 saturated carbocycles. The second-order valence-corrected chi connectivity index (χ2v) is 7.07. The summed E-state index contributed by atoms with van der Waals surface area (Å²) >= 11 is 6.72. The minimum atomic E-state index is -4.56. The molecule has 0 radical (unpaired) electrons. The molecule has 0 bridgehead atoms. The van der Waals surface area contributed by atoms with Crippen LogP contribution in [0.4, 0.5) is 18.9 Å². The van der Waals surface area contributed by atoms with Gasteiger partial charge in [-0.25, -0.2) is 0 Å². The van der Waals surface area contributed by atoms with Crippen LogP contribution in [-0.2, 0) is 11.0 Å². The average Bonchev–Trinajstić information content (AvgIpc) is 2.68. The van der Waals surface area contributed by atoms with E-state index < -0.39 is 23.2 Å². The van der Waals surface area contributed by atoms with E-state index in [1.165, 1.54) is 0 Å². The van der Waals surface area contributed by atoms with Gasteiger partial charge in [-0.15, -0.1) is 10.2 Å². The molecule has 6 nitrogen and oxygen atoms in total. The maximum absolute atomic E-state index is 12.8. The second-order valence-electron chi connectivity index (χ2n) is 5.70. The molecule has 0 aliphatic heterocycles. The van der Waals surface area contributed by atoms with Gasteiger partial charge in [-0.3, -0.25) is 14.6 Å². The monoisotopic (exact) mass is 440 g/mol. The topological polar surface area (TPSA) is 87.7 Å². The molecule has 0 atom stereocenters. The van der Waals surface area contributed by atoms with Crippen molar-refractivity contribution >= 4 is 35.0 Å². The minimum absolute atomic E-state index is 0.0308. The summed E-state index contributed by atoms with van der Waals surface area (Å²) in [6.07, 6.45) is -4.56. The number of carbonyl (C=O) groups excluding carboxylic acids is 1. The van der Waals surface area contributed by atoms with E-state index in [0.717, 1.165) is 30.0 Å². The SMILES string of the molecule is O=C(CSc1nnc(-c2ccccc2)c(=O)[nH]1)Nc1cc(C(F)(F)F)ccc1Cl. The number of amides is 1. The van der Waals surface area contributed by atoms with Gasteiger partial charge in [0.15, 0.2) is 10.9 Å². The third-order valence-corrected chi connectivity index (χ3v) is 4.82. The van der Waals surface area contributed by atoms with Crippen LogP contribution >= 0.6 is 23.4 Å².